The Balaban J connectivity index is 2.69. The predicted octanol–water partition coefficient (Wildman–Crippen LogP) is -0.328. The molecule has 0 unspecified atom stereocenters. The molecule has 1 fully saturated rings. The van der Waals surface area contributed by atoms with Crippen molar-refractivity contribution in [3.05, 3.63) is 0 Å². The van der Waals surface area contributed by atoms with Crippen LogP contribution in [0.15, 0.2) is 0 Å². The Labute approximate surface area is 76.6 Å². The molecule has 0 bridgehead atoms. The Morgan fingerprint density at radius 3 is 2.62 bits per heavy atom. The molecule has 5 heteroatoms. The summed E-state index contributed by atoms with van der Waals surface area (Å²) in [5, 5.41) is 8.90. The van der Waals surface area contributed by atoms with E-state index < -0.39 is 24.0 Å². The fourth-order valence-electron chi connectivity index (χ4n) is 1.28. The molecule has 0 aromatic carbocycles. The number of rotatable bonds is 2. The zero-order chi connectivity index (χ0) is 10.1. The lowest BCUT2D eigenvalue weighted by Gasteiger charge is -2.15. The second kappa shape index (κ2) is 3.61. The third kappa shape index (κ3) is 2.18. The summed E-state index contributed by atoms with van der Waals surface area (Å²) < 4.78 is 15.0. The number of carbonyl (C=O) groups excluding carboxylic acids is 1. The minimum atomic E-state index is -0.841. The molecular formula is C8H14O5. The van der Waals surface area contributed by atoms with Crippen molar-refractivity contribution >= 4 is 5.97 Å². The van der Waals surface area contributed by atoms with E-state index in [1.807, 2.05) is 0 Å². The van der Waals surface area contributed by atoms with Gasteiger partial charge in [-0.25, -0.2) is 4.79 Å². The van der Waals surface area contributed by atoms with Crippen LogP contribution in [-0.2, 0) is 19.0 Å². The molecule has 0 radical (unpaired) electrons. The fraction of sp³-hybridized carbons (Fsp3) is 0.875. The summed E-state index contributed by atoms with van der Waals surface area (Å²) >= 11 is 0. The molecule has 1 saturated heterocycles. The van der Waals surface area contributed by atoms with Crippen LogP contribution in [0.1, 0.15) is 13.8 Å². The van der Waals surface area contributed by atoms with Crippen molar-refractivity contribution in [2.24, 2.45) is 0 Å². The highest BCUT2D eigenvalue weighted by Crippen LogP contribution is 2.28. The Bertz CT molecular complexity index is 201. The minimum absolute atomic E-state index is 0.261. The first kappa shape index (κ1) is 10.4. The number of carbonyl (C=O) groups is 1. The summed E-state index contributed by atoms with van der Waals surface area (Å²) in [6.07, 6.45) is -1.47. The molecule has 2 atom stereocenters. The Morgan fingerprint density at radius 1 is 1.54 bits per heavy atom. The van der Waals surface area contributed by atoms with E-state index in [0.29, 0.717) is 0 Å². The van der Waals surface area contributed by atoms with E-state index in [0.717, 1.165) is 0 Å². The molecule has 5 nitrogen and oxygen atoms in total. The first-order chi connectivity index (χ1) is 6.00. The number of methoxy groups -OCH3 is 1. The standard InChI is InChI=1S/C8H14O5/c1-8(2)12-5(4-9)6(13-8)7(10)11-3/h5-6,9H,4H2,1-3H3/t5-,6-/m1/s1. The van der Waals surface area contributed by atoms with Gasteiger partial charge in [0.05, 0.1) is 13.7 Å². The molecule has 0 aliphatic carbocycles. The van der Waals surface area contributed by atoms with Crippen molar-refractivity contribution in [3.63, 3.8) is 0 Å². The lowest BCUT2D eigenvalue weighted by Crippen LogP contribution is -2.34. The molecule has 76 valence electrons. The number of aliphatic hydroxyl groups is 1. The third-order valence-electron chi connectivity index (χ3n) is 1.80. The number of hydrogen-bond acceptors (Lipinski definition) is 5. The number of ether oxygens (including phenoxy) is 3. The predicted molar refractivity (Wildman–Crippen MR) is 42.9 cm³/mol. The lowest BCUT2D eigenvalue weighted by molar-refractivity contribution is -0.168. The minimum Gasteiger partial charge on any atom is -0.467 e. The van der Waals surface area contributed by atoms with Gasteiger partial charge in [-0.3, -0.25) is 0 Å². The lowest BCUT2D eigenvalue weighted by atomic mass is 10.2. The fourth-order valence-corrected chi connectivity index (χ4v) is 1.28. The van der Waals surface area contributed by atoms with Crippen molar-refractivity contribution in [2.45, 2.75) is 31.8 Å². The molecule has 1 aliphatic heterocycles. The molecule has 0 aromatic heterocycles. The zero-order valence-corrected chi connectivity index (χ0v) is 7.94. The van der Waals surface area contributed by atoms with Crippen LogP contribution in [0.2, 0.25) is 0 Å². The van der Waals surface area contributed by atoms with E-state index >= 15 is 0 Å². The van der Waals surface area contributed by atoms with E-state index in [1.165, 1.54) is 7.11 Å². The number of esters is 1. The summed E-state index contributed by atoms with van der Waals surface area (Å²) in [6.45, 7) is 3.10. The molecule has 1 N–H and O–H groups in total. The van der Waals surface area contributed by atoms with Gasteiger partial charge in [-0.2, -0.15) is 0 Å². The van der Waals surface area contributed by atoms with Crippen molar-refractivity contribution in [1.82, 2.24) is 0 Å². The highest BCUT2D eigenvalue weighted by Gasteiger charge is 2.45. The topological polar surface area (TPSA) is 65.0 Å². The van der Waals surface area contributed by atoms with E-state index in [1.54, 1.807) is 13.8 Å². The molecule has 1 heterocycles. The smallest absolute Gasteiger partial charge is 0.337 e. The zero-order valence-electron chi connectivity index (χ0n) is 7.94. The van der Waals surface area contributed by atoms with Crippen molar-refractivity contribution in [2.75, 3.05) is 13.7 Å². The summed E-state index contributed by atoms with van der Waals surface area (Å²) in [5.74, 6) is -1.36. The van der Waals surface area contributed by atoms with Gasteiger partial charge in [0.15, 0.2) is 11.9 Å². The largest absolute Gasteiger partial charge is 0.467 e. The maximum absolute atomic E-state index is 11.1. The van der Waals surface area contributed by atoms with Gasteiger partial charge in [-0.05, 0) is 13.8 Å². The van der Waals surface area contributed by atoms with Gasteiger partial charge in [-0.15, -0.1) is 0 Å². The summed E-state index contributed by atoms with van der Waals surface area (Å²) in [7, 11) is 1.27. The van der Waals surface area contributed by atoms with Gasteiger partial charge >= 0.3 is 5.97 Å². The quantitative estimate of drug-likeness (QED) is 0.604. The van der Waals surface area contributed by atoms with Gasteiger partial charge in [-0.1, -0.05) is 0 Å². The second-order valence-corrected chi connectivity index (χ2v) is 3.30. The Hall–Kier alpha value is -0.650. The molecule has 1 rings (SSSR count). The van der Waals surface area contributed by atoms with Crippen LogP contribution in [-0.4, -0.2) is 42.8 Å². The van der Waals surface area contributed by atoms with Crippen LogP contribution < -0.4 is 0 Å². The molecule has 0 saturated carbocycles. The van der Waals surface area contributed by atoms with Gasteiger partial charge < -0.3 is 19.3 Å². The SMILES string of the molecule is COC(=O)[C@@H]1OC(C)(C)O[C@@H]1CO. The van der Waals surface area contributed by atoms with E-state index in [-0.39, 0.29) is 6.61 Å². The highest BCUT2D eigenvalue weighted by atomic mass is 16.8. The van der Waals surface area contributed by atoms with Crippen LogP contribution in [0.3, 0.4) is 0 Å². The first-order valence-corrected chi connectivity index (χ1v) is 4.04. The van der Waals surface area contributed by atoms with E-state index in [2.05, 4.69) is 4.74 Å². The molecule has 1 aliphatic rings. The maximum Gasteiger partial charge on any atom is 0.337 e. The molecule has 0 spiro atoms. The van der Waals surface area contributed by atoms with Crippen molar-refractivity contribution in [1.29, 1.82) is 0 Å². The van der Waals surface area contributed by atoms with Crippen LogP contribution >= 0.6 is 0 Å². The van der Waals surface area contributed by atoms with Crippen molar-refractivity contribution < 1.29 is 24.1 Å². The van der Waals surface area contributed by atoms with Crippen LogP contribution in [0.5, 0.6) is 0 Å². The Morgan fingerprint density at radius 2 is 2.15 bits per heavy atom. The first-order valence-electron chi connectivity index (χ1n) is 4.04. The molecule has 13 heavy (non-hydrogen) atoms. The summed E-state index contributed by atoms with van der Waals surface area (Å²) in [4.78, 5) is 11.1. The van der Waals surface area contributed by atoms with Gasteiger partial charge in [0.25, 0.3) is 0 Å². The van der Waals surface area contributed by atoms with E-state index in [4.69, 9.17) is 14.6 Å². The Kier molecular flexibility index (Phi) is 2.90. The average Bonchev–Trinajstić information content (AvgIpc) is 2.39. The van der Waals surface area contributed by atoms with Gasteiger partial charge in [0.2, 0.25) is 0 Å². The number of hydrogen-bond donors (Lipinski definition) is 1. The number of aliphatic hydroxyl groups excluding tert-OH is 1. The van der Waals surface area contributed by atoms with Crippen LogP contribution in [0.25, 0.3) is 0 Å². The average molecular weight is 190 g/mol. The molecular weight excluding hydrogens is 176 g/mol. The van der Waals surface area contributed by atoms with Crippen LogP contribution in [0.4, 0.5) is 0 Å². The van der Waals surface area contributed by atoms with E-state index in [9.17, 15) is 4.79 Å². The van der Waals surface area contributed by atoms with Gasteiger partial charge in [0.1, 0.15) is 6.10 Å². The molecule has 0 amide bonds. The summed E-state index contributed by atoms with van der Waals surface area (Å²) in [5.41, 5.74) is 0. The monoisotopic (exact) mass is 190 g/mol. The third-order valence-corrected chi connectivity index (χ3v) is 1.80. The maximum atomic E-state index is 11.1. The summed E-state index contributed by atoms with van der Waals surface area (Å²) in [6, 6.07) is 0. The highest BCUT2D eigenvalue weighted by molar-refractivity contribution is 5.75. The normalized spacial score (nSPS) is 31.7. The van der Waals surface area contributed by atoms with Gasteiger partial charge in [0, 0.05) is 0 Å². The molecule has 0 aromatic rings. The van der Waals surface area contributed by atoms with Crippen LogP contribution in [0, 0.1) is 0 Å². The van der Waals surface area contributed by atoms with Crippen molar-refractivity contribution in [3.8, 4) is 0 Å². The second-order valence-electron chi connectivity index (χ2n) is 3.30.